The lowest BCUT2D eigenvalue weighted by Gasteiger charge is -2.01. The molecule has 0 aliphatic heterocycles. The lowest BCUT2D eigenvalue weighted by molar-refractivity contribution is 0.0685. The first-order valence-electron chi connectivity index (χ1n) is 9.15. The highest BCUT2D eigenvalue weighted by atomic mass is 31.0. The topological polar surface area (TPSA) is 66.0 Å². The molecule has 5 heteroatoms. The van der Waals surface area contributed by atoms with Gasteiger partial charge < -0.3 is 10.1 Å². The Hall–Kier alpha value is -0.890. The Morgan fingerprint density at radius 3 is 1.78 bits per heavy atom. The van der Waals surface area contributed by atoms with Crippen molar-refractivity contribution in [2.24, 2.45) is 0 Å². The van der Waals surface area contributed by atoms with Crippen molar-refractivity contribution in [1.29, 1.82) is 0 Å². The number of aromatic nitrogens is 2. The maximum atomic E-state index is 9.97. The van der Waals surface area contributed by atoms with Gasteiger partial charge in [0.1, 0.15) is 0 Å². The van der Waals surface area contributed by atoms with Gasteiger partial charge in [-0.15, -0.1) is 9.24 Å². The van der Waals surface area contributed by atoms with E-state index in [1.807, 2.05) is 0 Å². The summed E-state index contributed by atoms with van der Waals surface area (Å²) in [6.07, 6.45) is 21.6. The number of imidazole rings is 1. The Bertz CT molecular complexity index is 344. The smallest absolute Gasteiger partial charge is 0.371 e. The fourth-order valence-electron chi connectivity index (χ4n) is 2.37. The van der Waals surface area contributed by atoms with E-state index in [9.17, 15) is 4.79 Å². The first-order chi connectivity index (χ1) is 11.2. The minimum Gasteiger partial charge on any atom is -0.475 e. The van der Waals surface area contributed by atoms with Crippen LogP contribution < -0.4 is 0 Å². The van der Waals surface area contributed by atoms with Gasteiger partial charge in [0, 0.05) is 12.4 Å². The highest BCUT2D eigenvalue weighted by Crippen LogP contribution is 2.12. The maximum absolute atomic E-state index is 9.97. The molecule has 0 fully saturated rings. The van der Waals surface area contributed by atoms with Crippen LogP contribution in [0.1, 0.15) is 94.6 Å². The minimum atomic E-state index is -1.03. The van der Waals surface area contributed by atoms with Crippen LogP contribution in [0.25, 0.3) is 0 Å². The average molecular weight is 342 g/mol. The number of H-pyrrole nitrogens is 1. The predicted octanol–water partition coefficient (Wildman–Crippen LogP) is 5.67. The molecular formula is C18H35N2O2P. The van der Waals surface area contributed by atoms with Gasteiger partial charge in [0.15, 0.2) is 0 Å². The standard InChI is InChI=1S/C14H31P.C4H4N2O2/c1-2-3-4-5-6-7-8-9-10-11-12-13-14-15;7-4(8)3-5-1-2-6-3/h2-15H2,1H3;1-2H,(H,5,6)(H,7,8). The summed E-state index contributed by atoms with van der Waals surface area (Å²) in [6.45, 7) is 2.29. The van der Waals surface area contributed by atoms with E-state index in [0.717, 1.165) is 0 Å². The van der Waals surface area contributed by atoms with Gasteiger partial charge in [0.05, 0.1) is 0 Å². The Morgan fingerprint density at radius 1 is 1.00 bits per heavy atom. The van der Waals surface area contributed by atoms with Crippen molar-refractivity contribution in [3.05, 3.63) is 18.2 Å². The first kappa shape index (κ1) is 22.1. The number of hydrogen-bond acceptors (Lipinski definition) is 2. The average Bonchev–Trinajstić information content (AvgIpc) is 3.08. The molecule has 0 radical (unpaired) electrons. The number of carbonyl (C=O) groups is 1. The second-order valence-electron chi connectivity index (χ2n) is 5.92. The predicted molar refractivity (Wildman–Crippen MR) is 101 cm³/mol. The Labute approximate surface area is 144 Å². The van der Waals surface area contributed by atoms with Gasteiger partial charge in [-0.3, -0.25) is 0 Å². The lowest BCUT2D eigenvalue weighted by atomic mass is 10.1. The van der Waals surface area contributed by atoms with Gasteiger partial charge in [0.2, 0.25) is 5.82 Å². The molecule has 0 bridgehead atoms. The van der Waals surface area contributed by atoms with Crippen molar-refractivity contribution in [2.45, 2.75) is 84.0 Å². The molecule has 4 nitrogen and oxygen atoms in total. The summed E-state index contributed by atoms with van der Waals surface area (Å²) in [5.41, 5.74) is 0. The van der Waals surface area contributed by atoms with E-state index < -0.39 is 5.97 Å². The van der Waals surface area contributed by atoms with E-state index >= 15 is 0 Å². The molecule has 0 aliphatic rings. The zero-order valence-electron chi connectivity index (χ0n) is 14.7. The van der Waals surface area contributed by atoms with Gasteiger partial charge in [-0.25, -0.2) is 9.78 Å². The van der Waals surface area contributed by atoms with E-state index in [1.54, 1.807) is 0 Å². The van der Waals surface area contributed by atoms with Crippen molar-refractivity contribution < 1.29 is 9.90 Å². The Balaban J connectivity index is 0.000000502. The zero-order valence-corrected chi connectivity index (χ0v) is 15.9. The summed E-state index contributed by atoms with van der Waals surface area (Å²) in [5, 5.41) is 8.18. The molecule has 2 N–H and O–H groups in total. The molecule has 0 amide bonds. The molecule has 1 unspecified atom stereocenters. The molecule has 0 saturated carbocycles. The van der Waals surface area contributed by atoms with Crippen LogP contribution in [-0.2, 0) is 0 Å². The van der Waals surface area contributed by atoms with Gasteiger partial charge in [-0.05, 0) is 12.6 Å². The van der Waals surface area contributed by atoms with E-state index in [4.69, 9.17) is 5.11 Å². The van der Waals surface area contributed by atoms with Crippen LogP contribution in [0.5, 0.6) is 0 Å². The molecule has 134 valence electrons. The molecule has 1 heterocycles. The lowest BCUT2D eigenvalue weighted by Crippen LogP contribution is -1.97. The summed E-state index contributed by atoms with van der Waals surface area (Å²) >= 11 is 0. The number of aromatic carboxylic acids is 1. The Kier molecular flexibility index (Phi) is 16.8. The van der Waals surface area contributed by atoms with Gasteiger partial charge in [-0.2, -0.15) is 0 Å². The van der Waals surface area contributed by atoms with Crippen molar-refractivity contribution >= 4 is 15.2 Å². The second-order valence-corrected chi connectivity index (χ2v) is 6.50. The number of rotatable bonds is 13. The van der Waals surface area contributed by atoms with Crippen LogP contribution >= 0.6 is 9.24 Å². The summed E-state index contributed by atoms with van der Waals surface area (Å²) < 4.78 is 0. The van der Waals surface area contributed by atoms with Crippen molar-refractivity contribution in [1.82, 2.24) is 9.97 Å². The normalized spacial score (nSPS) is 10.2. The molecule has 1 atom stereocenters. The summed E-state index contributed by atoms with van der Waals surface area (Å²) in [5.74, 6) is -1.06. The highest BCUT2D eigenvalue weighted by Gasteiger charge is 2.00. The molecule has 0 saturated heterocycles. The van der Waals surface area contributed by atoms with Gasteiger partial charge in [-0.1, -0.05) is 77.6 Å². The fraction of sp³-hybridized carbons (Fsp3) is 0.778. The molecular weight excluding hydrogens is 307 g/mol. The minimum absolute atomic E-state index is 0.0231. The number of nitrogens with zero attached hydrogens (tertiary/aromatic N) is 1. The van der Waals surface area contributed by atoms with Gasteiger partial charge >= 0.3 is 5.97 Å². The number of nitrogens with one attached hydrogen (secondary N) is 1. The van der Waals surface area contributed by atoms with E-state index in [1.165, 1.54) is 95.6 Å². The molecule has 0 spiro atoms. The SMILES string of the molecule is CCCCCCCCCCCCCCP.O=C(O)c1ncc[nH]1. The monoisotopic (exact) mass is 342 g/mol. The van der Waals surface area contributed by atoms with Crippen LogP contribution in [0.4, 0.5) is 0 Å². The van der Waals surface area contributed by atoms with Crippen molar-refractivity contribution in [2.75, 3.05) is 6.16 Å². The second kappa shape index (κ2) is 17.5. The number of carboxylic acid groups (broad SMARTS) is 1. The highest BCUT2D eigenvalue weighted by molar-refractivity contribution is 7.16. The third-order valence-electron chi connectivity index (χ3n) is 3.76. The first-order valence-corrected chi connectivity index (χ1v) is 9.96. The largest absolute Gasteiger partial charge is 0.475 e. The summed E-state index contributed by atoms with van der Waals surface area (Å²) in [6, 6.07) is 0. The van der Waals surface area contributed by atoms with E-state index in [0.29, 0.717) is 0 Å². The maximum Gasteiger partial charge on any atom is 0.371 e. The molecule has 1 aromatic heterocycles. The third kappa shape index (κ3) is 15.8. The van der Waals surface area contributed by atoms with E-state index in [2.05, 4.69) is 26.1 Å². The van der Waals surface area contributed by atoms with Crippen LogP contribution in [-0.4, -0.2) is 27.2 Å². The molecule has 1 rings (SSSR count). The number of carboxylic acids is 1. The Morgan fingerprint density at radius 2 is 1.48 bits per heavy atom. The summed E-state index contributed by atoms with van der Waals surface area (Å²) in [4.78, 5) is 15.9. The van der Waals surface area contributed by atoms with Crippen LogP contribution in [0.3, 0.4) is 0 Å². The van der Waals surface area contributed by atoms with Crippen molar-refractivity contribution in [3.8, 4) is 0 Å². The quantitative estimate of drug-likeness (QED) is 0.358. The molecule has 1 aromatic rings. The van der Waals surface area contributed by atoms with Crippen LogP contribution in [0.15, 0.2) is 12.4 Å². The van der Waals surface area contributed by atoms with Crippen LogP contribution in [0.2, 0.25) is 0 Å². The number of unbranched alkanes of at least 4 members (excludes halogenated alkanes) is 11. The third-order valence-corrected chi connectivity index (χ3v) is 4.17. The molecule has 0 aliphatic carbocycles. The fourth-order valence-corrected chi connectivity index (χ4v) is 2.66. The zero-order chi connectivity index (χ0) is 17.2. The van der Waals surface area contributed by atoms with Crippen molar-refractivity contribution in [3.63, 3.8) is 0 Å². The van der Waals surface area contributed by atoms with Crippen LogP contribution in [0, 0.1) is 0 Å². The number of aromatic amines is 1. The molecule has 23 heavy (non-hydrogen) atoms. The molecule has 0 aromatic carbocycles. The summed E-state index contributed by atoms with van der Waals surface area (Å²) in [7, 11) is 2.81. The van der Waals surface area contributed by atoms with E-state index in [-0.39, 0.29) is 5.82 Å². The van der Waals surface area contributed by atoms with Gasteiger partial charge in [0.25, 0.3) is 0 Å². The number of hydrogen-bond donors (Lipinski definition) is 2.